The number of rotatable bonds is 4. The second-order valence-electron chi connectivity index (χ2n) is 6.07. The van der Waals surface area contributed by atoms with Crippen LogP contribution in [0, 0.1) is 0 Å². The third-order valence-corrected chi connectivity index (χ3v) is 4.35. The minimum absolute atomic E-state index is 0.0342. The zero-order valence-electron chi connectivity index (χ0n) is 13.1. The normalized spacial score (nSPS) is 15.0. The summed E-state index contributed by atoms with van der Waals surface area (Å²) in [7, 11) is 0. The number of aryl methyl sites for hydroxylation is 2. The van der Waals surface area contributed by atoms with Crippen molar-refractivity contribution in [2.75, 3.05) is 0 Å². The molecule has 0 unspecified atom stereocenters. The minimum atomic E-state index is 0.0342. The van der Waals surface area contributed by atoms with Gasteiger partial charge >= 0.3 is 0 Å². The van der Waals surface area contributed by atoms with Crippen LogP contribution in [0.1, 0.15) is 42.5 Å². The molecule has 0 fully saturated rings. The molecule has 1 aliphatic carbocycles. The third-order valence-electron chi connectivity index (χ3n) is 4.35. The predicted octanol–water partition coefficient (Wildman–Crippen LogP) is 2.73. The molecule has 2 aromatic rings. The Morgan fingerprint density at radius 3 is 2.64 bits per heavy atom. The van der Waals surface area contributed by atoms with Crippen LogP contribution in [-0.4, -0.2) is 5.91 Å². The van der Waals surface area contributed by atoms with Gasteiger partial charge in [0.1, 0.15) is 0 Å². The van der Waals surface area contributed by atoms with Gasteiger partial charge in [-0.1, -0.05) is 30.3 Å². The van der Waals surface area contributed by atoms with Crippen LogP contribution in [0.15, 0.2) is 48.8 Å². The summed E-state index contributed by atoms with van der Waals surface area (Å²) >= 11 is 0. The summed E-state index contributed by atoms with van der Waals surface area (Å²) in [5, 5.41) is 3.06. The maximum Gasteiger partial charge on any atom is 0.286 e. The molecule has 1 atom stereocenters. The van der Waals surface area contributed by atoms with Gasteiger partial charge in [0.15, 0.2) is 12.4 Å². The Morgan fingerprint density at radius 1 is 1.14 bits per heavy atom. The van der Waals surface area contributed by atoms with Crippen molar-refractivity contribution < 1.29 is 9.36 Å². The molecule has 0 spiro atoms. The molecule has 1 aromatic heterocycles. The monoisotopic (exact) mass is 295 g/mol. The van der Waals surface area contributed by atoms with Gasteiger partial charge in [-0.05, 0) is 43.7 Å². The highest BCUT2D eigenvalue weighted by Gasteiger charge is 2.17. The SMILES string of the molecule is C[C@@H](NC(=O)C[n+]1ccc2c(c1)CCCC2)c1ccccc1. The van der Waals surface area contributed by atoms with Crippen molar-refractivity contribution in [2.24, 2.45) is 0 Å². The topological polar surface area (TPSA) is 33.0 Å². The lowest BCUT2D eigenvalue weighted by atomic mass is 9.93. The number of fused-ring (bicyclic) bond motifs is 1. The van der Waals surface area contributed by atoms with Crippen molar-refractivity contribution in [1.82, 2.24) is 5.32 Å². The first-order valence-electron chi connectivity index (χ1n) is 8.07. The number of carbonyl (C=O) groups is 1. The van der Waals surface area contributed by atoms with Gasteiger partial charge in [0.05, 0.1) is 6.04 Å². The lowest BCUT2D eigenvalue weighted by Gasteiger charge is -2.15. The van der Waals surface area contributed by atoms with E-state index in [4.69, 9.17) is 0 Å². The van der Waals surface area contributed by atoms with Crippen LogP contribution < -0.4 is 9.88 Å². The number of aromatic nitrogens is 1. The Labute approximate surface area is 132 Å². The summed E-state index contributed by atoms with van der Waals surface area (Å²) in [5.41, 5.74) is 3.98. The number of nitrogens with zero attached hydrogens (tertiary/aromatic N) is 1. The molecule has 22 heavy (non-hydrogen) atoms. The number of benzene rings is 1. The van der Waals surface area contributed by atoms with E-state index in [1.165, 1.54) is 30.4 Å². The van der Waals surface area contributed by atoms with Gasteiger partial charge in [0.2, 0.25) is 6.54 Å². The summed E-state index contributed by atoms with van der Waals surface area (Å²) in [5.74, 6) is 0.0529. The molecule has 0 saturated heterocycles. The largest absolute Gasteiger partial charge is 0.344 e. The maximum absolute atomic E-state index is 12.2. The molecule has 1 amide bonds. The highest BCUT2D eigenvalue weighted by molar-refractivity contribution is 5.74. The van der Waals surface area contributed by atoms with E-state index in [0.29, 0.717) is 6.54 Å². The molecule has 3 rings (SSSR count). The van der Waals surface area contributed by atoms with Crippen molar-refractivity contribution in [3.63, 3.8) is 0 Å². The zero-order chi connectivity index (χ0) is 15.4. The summed E-state index contributed by atoms with van der Waals surface area (Å²) in [4.78, 5) is 12.2. The summed E-state index contributed by atoms with van der Waals surface area (Å²) in [6.07, 6.45) is 9.02. The van der Waals surface area contributed by atoms with Crippen LogP contribution >= 0.6 is 0 Å². The fourth-order valence-corrected chi connectivity index (χ4v) is 3.10. The van der Waals surface area contributed by atoms with E-state index >= 15 is 0 Å². The number of carbonyl (C=O) groups excluding carboxylic acids is 1. The van der Waals surface area contributed by atoms with Gasteiger partial charge in [-0.15, -0.1) is 0 Å². The van der Waals surface area contributed by atoms with Crippen molar-refractivity contribution in [3.05, 3.63) is 65.5 Å². The molecule has 1 N–H and O–H groups in total. The van der Waals surface area contributed by atoms with E-state index in [9.17, 15) is 4.79 Å². The van der Waals surface area contributed by atoms with E-state index in [2.05, 4.69) is 17.6 Å². The average Bonchev–Trinajstić information content (AvgIpc) is 2.55. The number of hydrogen-bond donors (Lipinski definition) is 1. The second-order valence-corrected chi connectivity index (χ2v) is 6.07. The summed E-state index contributed by atoms with van der Waals surface area (Å²) in [6.45, 7) is 2.40. The molecular weight excluding hydrogens is 272 g/mol. The average molecular weight is 295 g/mol. The molecule has 0 bridgehead atoms. The van der Waals surface area contributed by atoms with Crippen molar-refractivity contribution in [3.8, 4) is 0 Å². The van der Waals surface area contributed by atoms with Crippen LogP contribution in [-0.2, 0) is 24.2 Å². The lowest BCUT2D eigenvalue weighted by Crippen LogP contribution is -2.43. The van der Waals surface area contributed by atoms with E-state index in [-0.39, 0.29) is 11.9 Å². The quantitative estimate of drug-likeness (QED) is 0.864. The Hall–Kier alpha value is -2.16. The highest BCUT2D eigenvalue weighted by Crippen LogP contribution is 2.18. The molecule has 0 aliphatic heterocycles. The predicted molar refractivity (Wildman–Crippen MR) is 86.3 cm³/mol. The van der Waals surface area contributed by atoms with Gasteiger partial charge in [0, 0.05) is 11.6 Å². The first kappa shape index (κ1) is 14.8. The minimum Gasteiger partial charge on any atom is -0.344 e. The van der Waals surface area contributed by atoms with Crippen molar-refractivity contribution >= 4 is 5.91 Å². The summed E-state index contributed by atoms with van der Waals surface area (Å²) < 4.78 is 2.00. The van der Waals surface area contributed by atoms with Crippen LogP contribution in [0.2, 0.25) is 0 Å². The molecule has 0 saturated carbocycles. The van der Waals surface area contributed by atoms with Gasteiger partial charge in [-0.3, -0.25) is 4.79 Å². The van der Waals surface area contributed by atoms with Gasteiger partial charge in [-0.25, -0.2) is 0 Å². The van der Waals surface area contributed by atoms with Crippen LogP contribution in [0.25, 0.3) is 0 Å². The van der Waals surface area contributed by atoms with E-state index < -0.39 is 0 Å². The first-order valence-corrected chi connectivity index (χ1v) is 8.07. The Kier molecular flexibility index (Phi) is 4.52. The Morgan fingerprint density at radius 2 is 1.86 bits per heavy atom. The van der Waals surface area contributed by atoms with Gasteiger partial charge < -0.3 is 5.32 Å². The number of amides is 1. The number of nitrogens with one attached hydrogen (secondary N) is 1. The Balaban J connectivity index is 1.62. The lowest BCUT2D eigenvalue weighted by molar-refractivity contribution is -0.685. The van der Waals surface area contributed by atoms with Crippen LogP contribution in [0.4, 0.5) is 0 Å². The second kappa shape index (κ2) is 6.73. The van der Waals surface area contributed by atoms with E-state index in [1.54, 1.807) is 0 Å². The number of pyridine rings is 1. The molecule has 0 radical (unpaired) electrons. The van der Waals surface area contributed by atoms with Crippen molar-refractivity contribution in [2.45, 2.75) is 45.2 Å². The highest BCUT2D eigenvalue weighted by atomic mass is 16.2. The smallest absolute Gasteiger partial charge is 0.286 e. The molecular formula is C19H23N2O+. The first-order chi connectivity index (χ1) is 10.7. The van der Waals surface area contributed by atoms with Gasteiger partial charge in [-0.2, -0.15) is 4.57 Å². The fraction of sp³-hybridized carbons (Fsp3) is 0.368. The van der Waals surface area contributed by atoms with Crippen LogP contribution in [0.5, 0.6) is 0 Å². The molecule has 3 heteroatoms. The van der Waals surface area contributed by atoms with E-state index in [0.717, 1.165) is 12.0 Å². The summed E-state index contributed by atoms with van der Waals surface area (Å²) in [6, 6.07) is 12.3. The zero-order valence-corrected chi connectivity index (χ0v) is 13.1. The fourth-order valence-electron chi connectivity index (χ4n) is 3.10. The van der Waals surface area contributed by atoms with Crippen LogP contribution in [0.3, 0.4) is 0 Å². The van der Waals surface area contributed by atoms with Gasteiger partial charge in [0.25, 0.3) is 5.91 Å². The Bertz CT molecular complexity index is 652. The molecule has 3 nitrogen and oxygen atoms in total. The molecule has 1 aliphatic rings. The van der Waals surface area contributed by atoms with Crippen molar-refractivity contribution in [1.29, 1.82) is 0 Å². The molecule has 114 valence electrons. The third kappa shape index (κ3) is 3.53. The van der Waals surface area contributed by atoms with E-state index in [1.807, 2.05) is 48.0 Å². The molecule has 1 aromatic carbocycles. The standard InChI is InChI=1S/C19H22N2O/c1-15(16-7-3-2-4-8-16)20-19(22)14-21-12-11-17-9-5-6-10-18(17)13-21/h2-4,7-8,11-13,15H,5-6,9-10,14H2,1H3/p+1/t15-/m1/s1. The number of hydrogen-bond acceptors (Lipinski definition) is 1. The molecule has 1 heterocycles. The maximum atomic E-state index is 12.2.